The van der Waals surface area contributed by atoms with Crippen molar-refractivity contribution in [2.75, 3.05) is 0 Å². The van der Waals surface area contributed by atoms with Crippen LogP contribution in [-0.2, 0) is 6.54 Å². The molecule has 0 saturated heterocycles. The number of hydrogen-bond acceptors (Lipinski definition) is 2. The summed E-state index contributed by atoms with van der Waals surface area (Å²) in [7, 11) is 0. The SMILES string of the molecule is CC(=O)c1ccc(-c2ccc3c(c2)C=NC3)cc1. The molecule has 0 atom stereocenters. The van der Waals surface area contributed by atoms with Gasteiger partial charge in [-0.05, 0) is 35.2 Å². The lowest BCUT2D eigenvalue weighted by molar-refractivity contribution is 0.101. The highest BCUT2D eigenvalue weighted by atomic mass is 16.1. The number of aliphatic imine (C=N–C) groups is 1. The predicted molar refractivity (Wildman–Crippen MR) is 73.2 cm³/mol. The second-order valence-corrected chi connectivity index (χ2v) is 4.52. The molecular weight excluding hydrogens is 222 g/mol. The van der Waals surface area contributed by atoms with Crippen molar-refractivity contribution in [2.45, 2.75) is 13.5 Å². The fourth-order valence-electron chi connectivity index (χ4n) is 2.18. The van der Waals surface area contributed by atoms with E-state index in [0.29, 0.717) is 0 Å². The Balaban J connectivity index is 1.99. The number of carbonyl (C=O) groups is 1. The highest BCUT2D eigenvalue weighted by Crippen LogP contribution is 2.24. The number of carbonyl (C=O) groups excluding carboxylic acids is 1. The molecule has 1 aliphatic rings. The van der Waals surface area contributed by atoms with Crippen molar-refractivity contribution in [3.05, 3.63) is 59.2 Å². The summed E-state index contributed by atoms with van der Waals surface area (Å²) in [5, 5.41) is 0. The van der Waals surface area contributed by atoms with Crippen molar-refractivity contribution >= 4 is 12.0 Å². The van der Waals surface area contributed by atoms with Crippen LogP contribution in [0.15, 0.2) is 47.5 Å². The number of Topliss-reactive ketones (excluding diaryl/α,β-unsaturated/α-hetero) is 1. The van der Waals surface area contributed by atoms with Crippen molar-refractivity contribution < 1.29 is 4.79 Å². The topological polar surface area (TPSA) is 29.4 Å². The summed E-state index contributed by atoms with van der Waals surface area (Å²) in [6.45, 7) is 2.37. The van der Waals surface area contributed by atoms with Gasteiger partial charge in [0.1, 0.15) is 0 Å². The Morgan fingerprint density at radius 3 is 2.50 bits per heavy atom. The van der Waals surface area contributed by atoms with Crippen LogP contribution < -0.4 is 0 Å². The van der Waals surface area contributed by atoms with Crippen LogP contribution >= 0.6 is 0 Å². The van der Waals surface area contributed by atoms with E-state index in [4.69, 9.17) is 0 Å². The van der Waals surface area contributed by atoms with Crippen molar-refractivity contribution in [2.24, 2.45) is 4.99 Å². The third-order valence-electron chi connectivity index (χ3n) is 3.26. The van der Waals surface area contributed by atoms with Gasteiger partial charge in [-0.25, -0.2) is 0 Å². The zero-order chi connectivity index (χ0) is 12.5. The minimum atomic E-state index is 0.0997. The molecule has 2 heteroatoms. The maximum Gasteiger partial charge on any atom is 0.159 e. The lowest BCUT2D eigenvalue weighted by Crippen LogP contribution is -1.91. The fraction of sp³-hybridized carbons (Fsp3) is 0.125. The summed E-state index contributed by atoms with van der Waals surface area (Å²) in [6.07, 6.45) is 1.92. The molecule has 0 spiro atoms. The van der Waals surface area contributed by atoms with E-state index >= 15 is 0 Å². The Morgan fingerprint density at radius 1 is 1.06 bits per heavy atom. The first-order valence-corrected chi connectivity index (χ1v) is 5.98. The van der Waals surface area contributed by atoms with E-state index in [9.17, 15) is 4.79 Å². The van der Waals surface area contributed by atoms with E-state index in [1.54, 1.807) is 6.92 Å². The van der Waals surface area contributed by atoms with Crippen LogP contribution in [0.25, 0.3) is 11.1 Å². The summed E-state index contributed by atoms with van der Waals surface area (Å²) in [5.74, 6) is 0.0997. The summed E-state index contributed by atoms with van der Waals surface area (Å²) in [6, 6.07) is 14.1. The van der Waals surface area contributed by atoms with Gasteiger partial charge in [0, 0.05) is 11.8 Å². The van der Waals surface area contributed by atoms with Crippen LogP contribution in [-0.4, -0.2) is 12.0 Å². The lowest BCUT2D eigenvalue weighted by Gasteiger charge is -2.05. The molecule has 1 aliphatic heterocycles. The molecule has 88 valence electrons. The van der Waals surface area contributed by atoms with Crippen LogP contribution in [0.3, 0.4) is 0 Å². The van der Waals surface area contributed by atoms with Crippen molar-refractivity contribution in [1.82, 2.24) is 0 Å². The molecule has 0 saturated carbocycles. The molecule has 0 fully saturated rings. The molecule has 3 rings (SSSR count). The zero-order valence-corrected chi connectivity index (χ0v) is 10.2. The number of rotatable bonds is 2. The highest BCUT2D eigenvalue weighted by molar-refractivity contribution is 5.94. The van der Waals surface area contributed by atoms with Gasteiger partial charge in [-0.3, -0.25) is 9.79 Å². The summed E-state index contributed by atoms with van der Waals surface area (Å²) in [4.78, 5) is 15.5. The number of ketones is 1. The molecule has 0 bridgehead atoms. The standard InChI is InChI=1S/C16H13NO/c1-11(18)12-2-4-13(5-3-12)14-6-7-15-9-17-10-16(15)8-14/h2-8,10H,9H2,1H3. The first-order chi connectivity index (χ1) is 8.74. The molecule has 1 heterocycles. The highest BCUT2D eigenvalue weighted by Gasteiger charge is 2.08. The molecule has 18 heavy (non-hydrogen) atoms. The molecule has 2 aromatic rings. The minimum absolute atomic E-state index is 0.0997. The molecule has 0 amide bonds. The van der Waals surface area contributed by atoms with Crippen LogP contribution in [0, 0.1) is 0 Å². The molecule has 0 aromatic heterocycles. The molecule has 0 N–H and O–H groups in total. The average Bonchev–Trinajstić information content (AvgIpc) is 2.86. The van der Waals surface area contributed by atoms with Crippen LogP contribution in [0.1, 0.15) is 28.4 Å². The Bertz CT molecular complexity index is 639. The van der Waals surface area contributed by atoms with E-state index in [0.717, 1.165) is 23.2 Å². The third kappa shape index (κ3) is 1.86. The fourth-order valence-corrected chi connectivity index (χ4v) is 2.18. The summed E-state index contributed by atoms with van der Waals surface area (Å²) >= 11 is 0. The quantitative estimate of drug-likeness (QED) is 0.733. The molecule has 0 aliphatic carbocycles. The van der Waals surface area contributed by atoms with Gasteiger partial charge in [0.15, 0.2) is 5.78 Å². The predicted octanol–water partition coefficient (Wildman–Crippen LogP) is 3.49. The lowest BCUT2D eigenvalue weighted by atomic mass is 9.99. The number of hydrogen-bond donors (Lipinski definition) is 0. The summed E-state index contributed by atoms with van der Waals surface area (Å²) in [5.41, 5.74) is 5.52. The van der Waals surface area contributed by atoms with Gasteiger partial charge in [-0.2, -0.15) is 0 Å². The number of fused-ring (bicyclic) bond motifs is 1. The molecular formula is C16H13NO. The van der Waals surface area contributed by atoms with Gasteiger partial charge >= 0.3 is 0 Å². The van der Waals surface area contributed by atoms with Crippen LogP contribution in [0.5, 0.6) is 0 Å². The van der Waals surface area contributed by atoms with Gasteiger partial charge < -0.3 is 0 Å². The molecule has 2 aromatic carbocycles. The second-order valence-electron chi connectivity index (χ2n) is 4.52. The van der Waals surface area contributed by atoms with E-state index < -0.39 is 0 Å². The van der Waals surface area contributed by atoms with Gasteiger partial charge in [0.25, 0.3) is 0 Å². The Morgan fingerprint density at radius 2 is 1.78 bits per heavy atom. The zero-order valence-electron chi connectivity index (χ0n) is 10.2. The monoisotopic (exact) mass is 235 g/mol. The van der Waals surface area contributed by atoms with Gasteiger partial charge in [-0.1, -0.05) is 36.4 Å². The maximum atomic E-state index is 11.2. The van der Waals surface area contributed by atoms with Crippen molar-refractivity contribution in [3.63, 3.8) is 0 Å². The van der Waals surface area contributed by atoms with Crippen LogP contribution in [0.2, 0.25) is 0 Å². The van der Waals surface area contributed by atoms with E-state index in [2.05, 4.69) is 23.2 Å². The third-order valence-corrected chi connectivity index (χ3v) is 3.26. The Labute approximate surface area is 106 Å². The van der Waals surface area contributed by atoms with E-state index in [-0.39, 0.29) is 5.78 Å². The number of benzene rings is 2. The first kappa shape index (κ1) is 10.9. The van der Waals surface area contributed by atoms with Gasteiger partial charge in [0.05, 0.1) is 6.54 Å². The summed E-state index contributed by atoms with van der Waals surface area (Å²) < 4.78 is 0. The van der Waals surface area contributed by atoms with Crippen molar-refractivity contribution in [1.29, 1.82) is 0 Å². The Hall–Kier alpha value is -2.22. The van der Waals surface area contributed by atoms with Crippen LogP contribution in [0.4, 0.5) is 0 Å². The molecule has 0 radical (unpaired) electrons. The largest absolute Gasteiger partial charge is 0.295 e. The van der Waals surface area contributed by atoms with Gasteiger partial charge in [-0.15, -0.1) is 0 Å². The number of nitrogens with zero attached hydrogens (tertiary/aromatic N) is 1. The van der Waals surface area contributed by atoms with Gasteiger partial charge in [0.2, 0.25) is 0 Å². The minimum Gasteiger partial charge on any atom is -0.295 e. The van der Waals surface area contributed by atoms with E-state index in [1.165, 1.54) is 11.1 Å². The maximum absolute atomic E-state index is 11.2. The average molecular weight is 235 g/mol. The first-order valence-electron chi connectivity index (χ1n) is 5.98. The normalized spacial score (nSPS) is 12.5. The molecule has 0 unspecified atom stereocenters. The van der Waals surface area contributed by atoms with E-state index in [1.807, 2.05) is 30.5 Å². The smallest absolute Gasteiger partial charge is 0.159 e. The second kappa shape index (κ2) is 4.22. The molecule has 2 nitrogen and oxygen atoms in total. The van der Waals surface area contributed by atoms with Crippen molar-refractivity contribution in [3.8, 4) is 11.1 Å². The Kier molecular flexibility index (Phi) is 2.56.